The van der Waals surface area contributed by atoms with E-state index in [1.54, 1.807) is 0 Å². The predicted molar refractivity (Wildman–Crippen MR) is 115 cm³/mol. The molecule has 1 unspecified atom stereocenters. The molecule has 3 aromatic carbocycles. The standard InChI is InChI=1S/C25H24N2O2/c26-24-19(16-17-29-22-14-8-3-9-15-22)18-23(28)25(27-24,20-10-4-1-5-11-20)21-12-6-2-7-13-21/h1-15,19H,16-18H2,(H2,26,27). The summed E-state index contributed by atoms with van der Waals surface area (Å²) < 4.78 is 5.79. The Morgan fingerprint density at radius 3 is 1.93 bits per heavy atom. The second kappa shape index (κ2) is 8.31. The van der Waals surface area contributed by atoms with Crippen LogP contribution in [-0.4, -0.2) is 18.2 Å². The van der Waals surface area contributed by atoms with Crippen LogP contribution in [0.25, 0.3) is 0 Å². The number of ether oxygens (including phenoxy) is 1. The Bertz CT molecular complexity index is 946. The summed E-state index contributed by atoms with van der Waals surface area (Å²) in [6.45, 7) is 0.488. The van der Waals surface area contributed by atoms with E-state index in [9.17, 15) is 4.79 Å². The summed E-state index contributed by atoms with van der Waals surface area (Å²) in [5.41, 5.74) is 7.02. The Morgan fingerprint density at radius 1 is 0.862 bits per heavy atom. The quantitative estimate of drug-likeness (QED) is 0.687. The van der Waals surface area contributed by atoms with E-state index in [0.29, 0.717) is 25.3 Å². The van der Waals surface area contributed by atoms with Gasteiger partial charge in [0, 0.05) is 12.3 Å². The summed E-state index contributed by atoms with van der Waals surface area (Å²) in [6, 6.07) is 29.0. The Morgan fingerprint density at radius 2 is 1.38 bits per heavy atom. The van der Waals surface area contributed by atoms with E-state index in [4.69, 9.17) is 15.5 Å². The number of hydrogen-bond donors (Lipinski definition) is 1. The number of nitrogens with zero attached hydrogens (tertiary/aromatic N) is 1. The van der Waals surface area contributed by atoms with Crippen molar-refractivity contribution in [2.24, 2.45) is 16.6 Å². The molecule has 0 aliphatic carbocycles. The number of amidine groups is 1. The van der Waals surface area contributed by atoms with E-state index in [2.05, 4.69) is 0 Å². The molecule has 4 nitrogen and oxygen atoms in total. The molecule has 0 saturated heterocycles. The first-order valence-electron chi connectivity index (χ1n) is 9.87. The maximum Gasteiger partial charge on any atom is 0.171 e. The highest BCUT2D eigenvalue weighted by atomic mass is 16.5. The molecule has 1 aliphatic rings. The average molecular weight is 384 g/mol. The molecule has 0 fully saturated rings. The molecule has 0 saturated carbocycles. The predicted octanol–water partition coefficient (Wildman–Crippen LogP) is 4.35. The van der Waals surface area contributed by atoms with Crippen LogP contribution in [0.3, 0.4) is 0 Å². The molecule has 4 heteroatoms. The van der Waals surface area contributed by atoms with Crippen molar-refractivity contribution >= 4 is 11.6 Å². The highest BCUT2D eigenvalue weighted by molar-refractivity contribution is 6.02. The monoisotopic (exact) mass is 384 g/mol. The van der Waals surface area contributed by atoms with Gasteiger partial charge in [-0.1, -0.05) is 78.9 Å². The minimum absolute atomic E-state index is 0.0637. The van der Waals surface area contributed by atoms with Gasteiger partial charge in [-0.2, -0.15) is 0 Å². The zero-order valence-electron chi connectivity index (χ0n) is 16.2. The normalized spacial score (nSPS) is 18.1. The Balaban J connectivity index is 1.62. The maximum atomic E-state index is 13.5. The van der Waals surface area contributed by atoms with Crippen LogP contribution in [0.2, 0.25) is 0 Å². The van der Waals surface area contributed by atoms with Crippen molar-refractivity contribution in [1.82, 2.24) is 0 Å². The van der Waals surface area contributed by atoms with E-state index in [0.717, 1.165) is 16.9 Å². The van der Waals surface area contributed by atoms with Gasteiger partial charge in [-0.25, -0.2) is 4.99 Å². The number of hydrogen-bond acceptors (Lipinski definition) is 4. The van der Waals surface area contributed by atoms with Gasteiger partial charge in [0.25, 0.3) is 0 Å². The van der Waals surface area contributed by atoms with Crippen LogP contribution in [0.15, 0.2) is 96.0 Å². The third kappa shape index (κ3) is 3.79. The number of para-hydroxylation sites is 1. The van der Waals surface area contributed by atoms with E-state index in [-0.39, 0.29) is 11.7 Å². The molecule has 146 valence electrons. The van der Waals surface area contributed by atoms with Gasteiger partial charge in [0.2, 0.25) is 0 Å². The van der Waals surface area contributed by atoms with Crippen molar-refractivity contribution in [3.8, 4) is 5.75 Å². The average Bonchev–Trinajstić information content (AvgIpc) is 2.78. The summed E-state index contributed by atoms with van der Waals surface area (Å²) in [4.78, 5) is 18.3. The Labute approximate surface area is 171 Å². The smallest absolute Gasteiger partial charge is 0.171 e. The number of rotatable bonds is 6. The fraction of sp³-hybridized carbons (Fsp3) is 0.200. The third-order valence-electron chi connectivity index (χ3n) is 5.41. The second-order valence-corrected chi connectivity index (χ2v) is 7.25. The van der Waals surface area contributed by atoms with Crippen LogP contribution in [0.1, 0.15) is 24.0 Å². The van der Waals surface area contributed by atoms with Gasteiger partial charge >= 0.3 is 0 Å². The molecule has 1 aliphatic heterocycles. The van der Waals surface area contributed by atoms with Crippen molar-refractivity contribution in [3.63, 3.8) is 0 Å². The molecule has 0 amide bonds. The zero-order valence-corrected chi connectivity index (χ0v) is 16.2. The number of nitrogens with two attached hydrogens (primary N) is 1. The zero-order chi connectivity index (χ0) is 20.1. The van der Waals surface area contributed by atoms with Crippen LogP contribution in [0.4, 0.5) is 0 Å². The minimum Gasteiger partial charge on any atom is -0.494 e. The van der Waals surface area contributed by atoms with Gasteiger partial charge in [0.1, 0.15) is 5.75 Å². The molecule has 1 atom stereocenters. The van der Waals surface area contributed by atoms with E-state index >= 15 is 0 Å². The van der Waals surface area contributed by atoms with Crippen molar-refractivity contribution < 1.29 is 9.53 Å². The molecule has 29 heavy (non-hydrogen) atoms. The first kappa shape index (κ1) is 18.9. The lowest BCUT2D eigenvalue weighted by molar-refractivity contribution is -0.124. The molecular formula is C25H24N2O2. The molecule has 0 spiro atoms. The number of carbonyl (C=O) groups is 1. The molecule has 2 N–H and O–H groups in total. The molecular weight excluding hydrogens is 360 g/mol. The van der Waals surface area contributed by atoms with Crippen molar-refractivity contribution in [2.75, 3.05) is 6.61 Å². The number of aliphatic imine (C=N–C) groups is 1. The minimum atomic E-state index is -1.08. The van der Waals surface area contributed by atoms with Gasteiger partial charge in [-0.3, -0.25) is 4.79 Å². The lowest BCUT2D eigenvalue weighted by atomic mass is 9.74. The molecule has 0 bridgehead atoms. The van der Waals surface area contributed by atoms with Crippen molar-refractivity contribution in [1.29, 1.82) is 0 Å². The first-order valence-corrected chi connectivity index (χ1v) is 9.87. The lowest BCUT2D eigenvalue weighted by Crippen LogP contribution is -2.45. The van der Waals surface area contributed by atoms with Gasteiger partial charge in [0.05, 0.1) is 12.4 Å². The van der Waals surface area contributed by atoms with Crippen LogP contribution in [0, 0.1) is 5.92 Å². The summed E-state index contributed by atoms with van der Waals surface area (Å²) in [5.74, 6) is 1.27. The number of Topliss-reactive ketones (excluding diaryl/α,β-unsaturated/α-hetero) is 1. The van der Waals surface area contributed by atoms with E-state index < -0.39 is 5.54 Å². The van der Waals surface area contributed by atoms with Crippen LogP contribution < -0.4 is 10.5 Å². The SMILES string of the molecule is NC1=NC(c2ccccc2)(c2ccccc2)C(=O)CC1CCOc1ccccc1. The summed E-state index contributed by atoms with van der Waals surface area (Å²) in [6.07, 6.45) is 0.993. The molecule has 1 heterocycles. The molecule has 0 aromatic heterocycles. The highest BCUT2D eigenvalue weighted by Crippen LogP contribution is 2.40. The fourth-order valence-electron chi connectivity index (χ4n) is 3.89. The van der Waals surface area contributed by atoms with Gasteiger partial charge in [-0.15, -0.1) is 0 Å². The Kier molecular flexibility index (Phi) is 5.43. The Hall–Kier alpha value is -3.40. The highest BCUT2D eigenvalue weighted by Gasteiger charge is 2.46. The number of ketones is 1. The summed E-state index contributed by atoms with van der Waals surface area (Å²) in [5, 5.41) is 0. The van der Waals surface area contributed by atoms with Crippen molar-refractivity contribution in [2.45, 2.75) is 18.4 Å². The van der Waals surface area contributed by atoms with E-state index in [1.807, 2.05) is 91.0 Å². The molecule has 3 aromatic rings. The lowest BCUT2D eigenvalue weighted by Gasteiger charge is -2.36. The van der Waals surface area contributed by atoms with Gasteiger partial charge < -0.3 is 10.5 Å². The van der Waals surface area contributed by atoms with Gasteiger partial charge in [-0.05, 0) is 29.7 Å². The number of carbonyl (C=O) groups excluding carboxylic acids is 1. The van der Waals surface area contributed by atoms with Crippen LogP contribution in [0.5, 0.6) is 5.75 Å². The fourth-order valence-corrected chi connectivity index (χ4v) is 3.89. The van der Waals surface area contributed by atoms with Crippen LogP contribution >= 0.6 is 0 Å². The van der Waals surface area contributed by atoms with E-state index in [1.165, 1.54) is 0 Å². The first-order chi connectivity index (χ1) is 14.2. The topological polar surface area (TPSA) is 64.7 Å². The largest absolute Gasteiger partial charge is 0.494 e. The summed E-state index contributed by atoms with van der Waals surface area (Å²) in [7, 11) is 0. The number of benzene rings is 3. The van der Waals surface area contributed by atoms with Gasteiger partial charge in [0.15, 0.2) is 11.3 Å². The molecule has 0 radical (unpaired) electrons. The maximum absolute atomic E-state index is 13.5. The van der Waals surface area contributed by atoms with Crippen LogP contribution in [-0.2, 0) is 10.3 Å². The summed E-state index contributed by atoms with van der Waals surface area (Å²) >= 11 is 0. The second-order valence-electron chi connectivity index (χ2n) is 7.25. The molecule has 4 rings (SSSR count). The third-order valence-corrected chi connectivity index (χ3v) is 5.41. The van der Waals surface area contributed by atoms with Crippen molar-refractivity contribution in [3.05, 3.63) is 102 Å².